The second-order valence-corrected chi connectivity index (χ2v) is 4.88. The Morgan fingerprint density at radius 3 is 2.71 bits per heavy atom. The molecule has 0 aliphatic carbocycles. The lowest BCUT2D eigenvalue weighted by Crippen LogP contribution is -2.06. The fourth-order valence-corrected chi connectivity index (χ4v) is 2.37. The molecule has 2 nitrogen and oxygen atoms in total. The van der Waals surface area contributed by atoms with Crippen LogP contribution in [0.1, 0.15) is 32.5 Å². The second-order valence-electron chi connectivity index (χ2n) is 4.44. The van der Waals surface area contributed by atoms with E-state index in [4.69, 9.17) is 16.3 Å². The molecule has 1 heterocycles. The zero-order chi connectivity index (χ0) is 12.4. The van der Waals surface area contributed by atoms with E-state index in [1.165, 1.54) is 16.6 Å². The zero-order valence-electron chi connectivity index (χ0n) is 10.5. The Labute approximate surface area is 107 Å². The highest BCUT2D eigenvalue weighted by molar-refractivity contribution is 6.31. The molecule has 0 spiro atoms. The van der Waals surface area contributed by atoms with Crippen molar-refractivity contribution >= 4 is 22.5 Å². The molecule has 0 radical (unpaired) electrons. The predicted molar refractivity (Wildman–Crippen MR) is 72.7 cm³/mol. The molecule has 92 valence electrons. The highest BCUT2D eigenvalue weighted by Gasteiger charge is 2.11. The highest BCUT2D eigenvalue weighted by atomic mass is 35.5. The molecule has 0 amide bonds. The van der Waals surface area contributed by atoms with E-state index in [1.54, 1.807) is 0 Å². The summed E-state index contributed by atoms with van der Waals surface area (Å²) in [7, 11) is 0. The van der Waals surface area contributed by atoms with Crippen LogP contribution in [0.3, 0.4) is 0 Å². The maximum atomic E-state index is 6.02. The molecule has 0 atom stereocenters. The molecule has 0 aliphatic rings. The minimum Gasteiger partial charge on any atom is -0.376 e. The molecule has 1 aromatic heterocycles. The summed E-state index contributed by atoms with van der Waals surface area (Å²) in [6, 6.07) is 8.60. The second kappa shape index (κ2) is 5.11. The van der Waals surface area contributed by atoms with E-state index in [9.17, 15) is 0 Å². The lowest BCUT2D eigenvalue weighted by Gasteiger charge is -2.14. The minimum atomic E-state index is 0.420. The van der Waals surface area contributed by atoms with Gasteiger partial charge in [-0.3, -0.25) is 0 Å². The Balaban J connectivity index is 2.53. The van der Waals surface area contributed by atoms with E-state index in [1.807, 2.05) is 19.1 Å². The first-order valence-corrected chi connectivity index (χ1v) is 6.38. The van der Waals surface area contributed by atoms with Gasteiger partial charge >= 0.3 is 0 Å². The molecular weight excluding hydrogens is 234 g/mol. The van der Waals surface area contributed by atoms with Gasteiger partial charge in [0.1, 0.15) is 0 Å². The summed E-state index contributed by atoms with van der Waals surface area (Å²) in [5.41, 5.74) is 2.43. The summed E-state index contributed by atoms with van der Waals surface area (Å²) in [5.74, 6) is 0. The number of halogens is 1. The maximum Gasteiger partial charge on any atom is 0.0868 e. The monoisotopic (exact) mass is 251 g/mol. The van der Waals surface area contributed by atoms with E-state index in [-0.39, 0.29) is 0 Å². The van der Waals surface area contributed by atoms with Crippen LogP contribution in [-0.2, 0) is 11.3 Å². The molecule has 2 aromatic rings. The number of nitrogens with zero attached hydrogens (tertiary/aromatic N) is 1. The van der Waals surface area contributed by atoms with Gasteiger partial charge in [-0.05, 0) is 45.0 Å². The Bertz CT molecular complexity index is 516. The first-order chi connectivity index (χ1) is 8.13. The van der Waals surface area contributed by atoms with Crippen LogP contribution >= 0.6 is 11.6 Å². The lowest BCUT2D eigenvalue weighted by molar-refractivity contribution is 0.128. The smallest absolute Gasteiger partial charge is 0.0868 e. The highest BCUT2D eigenvalue weighted by Crippen LogP contribution is 2.27. The quantitative estimate of drug-likeness (QED) is 0.785. The van der Waals surface area contributed by atoms with Gasteiger partial charge in [0.2, 0.25) is 0 Å². The number of rotatable bonds is 4. The fourth-order valence-electron chi connectivity index (χ4n) is 2.19. The Kier molecular flexibility index (Phi) is 3.75. The third-order valence-corrected chi connectivity index (χ3v) is 3.09. The SMILES string of the molecule is CCOCc1cc2cc(Cl)ccc2n1C(C)C. The third kappa shape index (κ3) is 2.48. The molecule has 0 unspecified atom stereocenters. The number of hydrogen-bond donors (Lipinski definition) is 0. The van der Waals surface area contributed by atoms with Crippen molar-refractivity contribution in [2.45, 2.75) is 33.4 Å². The van der Waals surface area contributed by atoms with Crippen molar-refractivity contribution in [3.05, 3.63) is 35.0 Å². The van der Waals surface area contributed by atoms with Crippen LogP contribution in [0.5, 0.6) is 0 Å². The summed E-state index contributed by atoms with van der Waals surface area (Å²) in [6.07, 6.45) is 0. The summed E-state index contributed by atoms with van der Waals surface area (Å²) in [5, 5.41) is 1.96. The molecule has 0 bridgehead atoms. The van der Waals surface area contributed by atoms with E-state index < -0.39 is 0 Å². The topological polar surface area (TPSA) is 14.2 Å². The lowest BCUT2D eigenvalue weighted by atomic mass is 10.2. The normalized spacial score (nSPS) is 11.6. The minimum absolute atomic E-state index is 0.420. The number of benzene rings is 1. The van der Waals surface area contributed by atoms with Gasteiger partial charge < -0.3 is 9.30 Å². The van der Waals surface area contributed by atoms with Crippen LogP contribution in [0.25, 0.3) is 10.9 Å². The number of fused-ring (bicyclic) bond motifs is 1. The van der Waals surface area contributed by atoms with Gasteiger partial charge in [0.15, 0.2) is 0 Å². The standard InChI is InChI=1S/C14H18ClNO/c1-4-17-9-13-8-11-7-12(15)5-6-14(11)16(13)10(2)3/h5-8,10H,4,9H2,1-3H3. The molecule has 0 saturated heterocycles. The van der Waals surface area contributed by atoms with Crippen molar-refractivity contribution in [1.82, 2.24) is 4.57 Å². The molecule has 2 rings (SSSR count). The summed E-state index contributed by atoms with van der Waals surface area (Å²) in [4.78, 5) is 0. The van der Waals surface area contributed by atoms with Gasteiger partial charge in [-0.25, -0.2) is 0 Å². The Morgan fingerprint density at radius 2 is 2.06 bits per heavy atom. The molecule has 0 aliphatic heterocycles. The number of ether oxygens (including phenoxy) is 1. The molecule has 0 fully saturated rings. The van der Waals surface area contributed by atoms with Crippen LogP contribution in [0, 0.1) is 0 Å². The molecule has 1 aromatic carbocycles. The average Bonchev–Trinajstić information content (AvgIpc) is 2.63. The first-order valence-electron chi connectivity index (χ1n) is 6.00. The van der Waals surface area contributed by atoms with Crippen molar-refractivity contribution in [2.24, 2.45) is 0 Å². The van der Waals surface area contributed by atoms with Crippen molar-refractivity contribution in [3.63, 3.8) is 0 Å². The summed E-state index contributed by atoms with van der Waals surface area (Å²) in [6.45, 7) is 7.77. The first kappa shape index (κ1) is 12.5. The maximum absolute atomic E-state index is 6.02. The van der Waals surface area contributed by atoms with Crippen LogP contribution in [0.15, 0.2) is 24.3 Å². The number of hydrogen-bond acceptors (Lipinski definition) is 1. The molecule has 3 heteroatoms. The van der Waals surface area contributed by atoms with Crippen LogP contribution in [0.4, 0.5) is 0 Å². The average molecular weight is 252 g/mol. The van der Waals surface area contributed by atoms with Crippen molar-refractivity contribution in [2.75, 3.05) is 6.61 Å². The predicted octanol–water partition coefficient (Wildman–Crippen LogP) is 4.41. The van der Waals surface area contributed by atoms with E-state index in [2.05, 4.69) is 30.5 Å². The largest absolute Gasteiger partial charge is 0.376 e. The van der Waals surface area contributed by atoms with Crippen molar-refractivity contribution in [3.8, 4) is 0 Å². The van der Waals surface area contributed by atoms with Crippen LogP contribution in [-0.4, -0.2) is 11.2 Å². The summed E-state index contributed by atoms with van der Waals surface area (Å²) < 4.78 is 7.82. The fraction of sp³-hybridized carbons (Fsp3) is 0.429. The van der Waals surface area contributed by atoms with E-state index in [0.29, 0.717) is 12.6 Å². The van der Waals surface area contributed by atoms with Gasteiger partial charge in [-0.1, -0.05) is 11.6 Å². The van der Waals surface area contributed by atoms with Crippen molar-refractivity contribution in [1.29, 1.82) is 0 Å². The van der Waals surface area contributed by atoms with Gasteiger partial charge in [-0.2, -0.15) is 0 Å². The van der Waals surface area contributed by atoms with Gasteiger partial charge in [0.25, 0.3) is 0 Å². The van der Waals surface area contributed by atoms with Gasteiger partial charge in [0, 0.05) is 34.3 Å². The Morgan fingerprint density at radius 1 is 1.29 bits per heavy atom. The molecule has 0 saturated carbocycles. The van der Waals surface area contributed by atoms with Crippen LogP contribution < -0.4 is 0 Å². The van der Waals surface area contributed by atoms with Gasteiger partial charge in [0.05, 0.1) is 6.61 Å². The molecule has 17 heavy (non-hydrogen) atoms. The van der Waals surface area contributed by atoms with Crippen LogP contribution in [0.2, 0.25) is 5.02 Å². The molecular formula is C14H18ClNO. The van der Waals surface area contributed by atoms with Gasteiger partial charge in [-0.15, -0.1) is 0 Å². The molecule has 0 N–H and O–H groups in total. The third-order valence-electron chi connectivity index (χ3n) is 2.85. The Hall–Kier alpha value is -0.990. The van der Waals surface area contributed by atoms with Crippen molar-refractivity contribution < 1.29 is 4.74 Å². The zero-order valence-corrected chi connectivity index (χ0v) is 11.3. The number of aromatic nitrogens is 1. The van der Waals surface area contributed by atoms with E-state index >= 15 is 0 Å². The summed E-state index contributed by atoms with van der Waals surface area (Å²) >= 11 is 6.02. The van der Waals surface area contributed by atoms with E-state index in [0.717, 1.165) is 11.6 Å².